The van der Waals surface area contributed by atoms with E-state index in [-0.39, 0.29) is 16.8 Å². The lowest BCUT2D eigenvalue weighted by Gasteiger charge is -2.34. The summed E-state index contributed by atoms with van der Waals surface area (Å²) >= 11 is 3.57. The molecule has 112 valence electrons. The van der Waals surface area contributed by atoms with Gasteiger partial charge in [0.1, 0.15) is 5.82 Å². The van der Waals surface area contributed by atoms with E-state index in [1.165, 1.54) is 31.7 Å². The first kappa shape index (κ1) is 16.0. The average Bonchev–Trinajstić information content (AvgIpc) is 2.80. The first-order valence-corrected chi connectivity index (χ1v) is 8.28. The van der Waals surface area contributed by atoms with Gasteiger partial charge in [-0.2, -0.15) is 0 Å². The van der Waals surface area contributed by atoms with Crippen molar-refractivity contribution in [2.45, 2.75) is 58.4 Å². The average molecular weight is 342 g/mol. The Bertz CT molecular complexity index is 459. The van der Waals surface area contributed by atoms with E-state index in [9.17, 15) is 4.39 Å². The Kier molecular flexibility index (Phi) is 4.91. The highest BCUT2D eigenvalue weighted by Gasteiger charge is 2.35. The summed E-state index contributed by atoms with van der Waals surface area (Å²) in [5, 5.41) is 3.65. The van der Waals surface area contributed by atoms with Crippen LogP contribution in [0.3, 0.4) is 0 Å². The van der Waals surface area contributed by atoms with Gasteiger partial charge in [-0.05, 0) is 69.2 Å². The van der Waals surface area contributed by atoms with Crippen LogP contribution in [-0.4, -0.2) is 12.1 Å². The molecule has 1 saturated carbocycles. The molecule has 2 rings (SSSR count). The topological polar surface area (TPSA) is 12.0 Å². The quantitative estimate of drug-likeness (QED) is 0.805. The molecule has 0 spiro atoms. The monoisotopic (exact) mass is 341 g/mol. The van der Waals surface area contributed by atoms with Crippen LogP contribution in [0.1, 0.15) is 52.0 Å². The first-order chi connectivity index (χ1) is 9.30. The molecule has 0 radical (unpaired) electrons. The van der Waals surface area contributed by atoms with E-state index in [0.717, 1.165) is 23.0 Å². The normalized spacial score (nSPS) is 18.4. The molecule has 1 fully saturated rings. The molecule has 0 bridgehead atoms. The van der Waals surface area contributed by atoms with E-state index in [1.807, 2.05) is 6.07 Å². The summed E-state index contributed by atoms with van der Waals surface area (Å²) in [6.45, 7) is 7.62. The standard InChI is InChI=1S/C17H25BrFN/c1-16(2,3)20-12-17(8-4-5-9-17)11-13-10-14(19)6-7-15(13)18/h6-7,10,20H,4-5,8-9,11-12H2,1-3H3. The largest absolute Gasteiger partial charge is 0.312 e. The maximum Gasteiger partial charge on any atom is 0.123 e. The van der Waals surface area contributed by atoms with Gasteiger partial charge in [0, 0.05) is 16.6 Å². The third-order valence-electron chi connectivity index (χ3n) is 4.23. The number of hydrogen-bond acceptors (Lipinski definition) is 1. The molecule has 0 aromatic heterocycles. The molecule has 0 unspecified atom stereocenters. The fraction of sp³-hybridized carbons (Fsp3) is 0.647. The summed E-state index contributed by atoms with van der Waals surface area (Å²) in [4.78, 5) is 0. The molecular weight excluding hydrogens is 317 g/mol. The summed E-state index contributed by atoms with van der Waals surface area (Å²) in [6.07, 6.45) is 6.00. The smallest absolute Gasteiger partial charge is 0.123 e. The Balaban J connectivity index is 2.14. The van der Waals surface area contributed by atoms with Crippen LogP contribution >= 0.6 is 15.9 Å². The molecule has 1 aromatic rings. The van der Waals surface area contributed by atoms with Crippen molar-refractivity contribution in [3.8, 4) is 0 Å². The Hall–Kier alpha value is -0.410. The minimum atomic E-state index is -0.139. The molecule has 0 aliphatic heterocycles. The molecule has 0 amide bonds. The molecule has 1 aromatic carbocycles. The van der Waals surface area contributed by atoms with Crippen molar-refractivity contribution in [2.24, 2.45) is 5.41 Å². The maximum absolute atomic E-state index is 13.5. The van der Waals surface area contributed by atoms with Crippen LogP contribution in [0.5, 0.6) is 0 Å². The molecule has 3 heteroatoms. The maximum atomic E-state index is 13.5. The predicted octanol–water partition coefficient (Wildman–Crippen LogP) is 5.08. The lowest BCUT2D eigenvalue weighted by molar-refractivity contribution is 0.244. The summed E-state index contributed by atoms with van der Waals surface area (Å²) in [7, 11) is 0. The summed E-state index contributed by atoms with van der Waals surface area (Å²) < 4.78 is 14.5. The van der Waals surface area contributed by atoms with Crippen molar-refractivity contribution in [2.75, 3.05) is 6.54 Å². The second-order valence-electron chi connectivity index (χ2n) is 7.22. The van der Waals surface area contributed by atoms with E-state index in [0.29, 0.717) is 0 Å². The van der Waals surface area contributed by atoms with Gasteiger partial charge >= 0.3 is 0 Å². The third-order valence-corrected chi connectivity index (χ3v) is 5.00. The molecule has 20 heavy (non-hydrogen) atoms. The van der Waals surface area contributed by atoms with Crippen LogP contribution in [0.4, 0.5) is 4.39 Å². The number of rotatable bonds is 4. The van der Waals surface area contributed by atoms with Gasteiger partial charge < -0.3 is 5.32 Å². The molecular formula is C17H25BrFN. The Morgan fingerprint density at radius 1 is 1.25 bits per heavy atom. The van der Waals surface area contributed by atoms with Gasteiger partial charge in [-0.25, -0.2) is 4.39 Å². The molecule has 1 aliphatic carbocycles. The van der Waals surface area contributed by atoms with Crippen molar-refractivity contribution in [3.05, 3.63) is 34.1 Å². The number of halogens is 2. The van der Waals surface area contributed by atoms with Gasteiger partial charge in [0.05, 0.1) is 0 Å². The van der Waals surface area contributed by atoms with Gasteiger partial charge in [0.2, 0.25) is 0 Å². The highest BCUT2D eigenvalue weighted by Crippen LogP contribution is 2.42. The fourth-order valence-corrected chi connectivity index (χ4v) is 3.46. The zero-order valence-corrected chi connectivity index (χ0v) is 14.3. The van der Waals surface area contributed by atoms with E-state index in [1.54, 1.807) is 6.07 Å². The zero-order chi connectivity index (χ0) is 14.8. The summed E-state index contributed by atoms with van der Waals surface area (Å²) in [5.74, 6) is -0.139. The molecule has 0 heterocycles. The van der Waals surface area contributed by atoms with Gasteiger partial charge in [0.25, 0.3) is 0 Å². The minimum Gasteiger partial charge on any atom is -0.312 e. The van der Waals surface area contributed by atoms with Crippen LogP contribution in [0.25, 0.3) is 0 Å². The zero-order valence-electron chi connectivity index (χ0n) is 12.7. The van der Waals surface area contributed by atoms with E-state index in [4.69, 9.17) is 0 Å². The molecule has 0 atom stereocenters. The molecule has 1 aliphatic rings. The number of benzene rings is 1. The first-order valence-electron chi connectivity index (χ1n) is 7.49. The predicted molar refractivity (Wildman–Crippen MR) is 86.5 cm³/mol. The molecule has 1 nitrogen and oxygen atoms in total. The SMILES string of the molecule is CC(C)(C)NCC1(Cc2cc(F)ccc2Br)CCCC1. The van der Waals surface area contributed by atoms with Crippen molar-refractivity contribution in [1.82, 2.24) is 5.32 Å². The minimum absolute atomic E-state index is 0.134. The van der Waals surface area contributed by atoms with Crippen LogP contribution in [-0.2, 0) is 6.42 Å². The second-order valence-corrected chi connectivity index (χ2v) is 8.08. The lowest BCUT2D eigenvalue weighted by Crippen LogP contribution is -2.44. The van der Waals surface area contributed by atoms with Gasteiger partial charge in [-0.1, -0.05) is 28.8 Å². The molecule has 0 saturated heterocycles. The summed E-state index contributed by atoms with van der Waals surface area (Å²) in [5.41, 5.74) is 1.51. The number of nitrogens with one attached hydrogen (secondary N) is 1. The molecule has 1 N–H and O–H groups in total. The van der Waals surface area contributed by atoms with E-state index < -0.39 is 0 Å². The van der Waals surface area contributed by atoms with Crippen molar-refractivity contribution >= 4 is 15.9 Å². The Labute approximate surface area is 130 Å². The van der Waals surface area contributed by atoms with Gasteiger partial charge in [-0.3, -0.25) is 0 Å². The van der Waals surface area contributed by atoms with Crippen molar-refractivity contribution in [1.29, 1.82) is 0 Å². The summed E-state index contributed by atoms with van der Waals surface area (Å²) in [6, 6.07) is 5.02. The van der Waals surface area contributed by atoms with Gasteiger partial charge in [0.15, 0.2) is 0 Å². The van der Waals surface area contributed by atoms with Crippen LogP contribution in [0.2, 0.25) is 0 Å². The lowest BCUT2D eigenvalue weighted by atomic mass is 9.79. The van der Waals surface area contributed by atoms with Gasteiger partial charge in [-0.15, -0.1) is 0 Å². The van der Waals surface area contributed by atoms with E-state index >= 15 is 0 Å². The van der Waals surface area contributed by atoms with Crippen LogP contribution < -0.4 is 5.32 Å². The fourth-order valence-electron chi connectivity index (χ4n) is 3.08. The Morgan fingerprint density at radius 3 is 2.50 bits per heavy atom. The third kappa shape index (κ3) is 4.29. The van der Waals surface area contributed by atoms with Crippen LogP contribution in [0.15, 0.2) is 22.7 Å². The second kappa shape index (κ2) is 6.15. The van der Waals surface area contributed by atoms with Crippen molar-refractivity contribution in [3.63, 3.8) is 0 Å². The van der Waals surface area contributed by atoms with E-state index in [2.05, 4.69) is 42.0 Å². The van der Waals surface area contributed by atoms with Crippen LogP contribution in [0, 0.1) is 11.2 Å². The Morgan fingerprint density at radius 2 is 1.90 bits per heavy atom. The highest BCUT2D eigenvalue weighted by molar-refractivity contribution is 9.10. The van der Waals surface area contributed by atoms with Crippen molar-refractivity contribution < 1.29 is 4.39 Å². The highest BCUT2D eigenvalue weighted by atomic mass is 79.9. The number of hydrogen-bond donors (Lipinski definition) is 1.